The summed E-state index contributed by atoms with van der Waals surface area (Å²) in [4.78, 5) is 12.5. The Labute approximate surface area is 111 Å². The lowest BCUT2D eigenvalue weighted by Crippen LogP contribution is -2.08. The molecule has 94 valence electrons. The second kappa shape index (κ2) is 4.39. The fourth-order valence-corrected chi connectivity index (χ4v) is 2.36. The Balaban J connectivity index is 2.41. The predicted molar refractivity (Wildman–Crippen MR) is 77.4 cm³/mol. The molecule has 0 unspecified atom stereocenters. The Hall–Kier alpha value is -2.35. The molecule has 0 aliphatic carbocycles. The van der Waals surface area contributed by atoms with Crippen molar-refractivity contribution < 1.29 is 4.42 Å². The highest BCUT2D eigenvalue weighted by Gasteiger charge is 2.13. The lowest BCUT2D eigenvalue weighted by atomic mass is 10.0. The van der Waals surface area contributed by atoms with Crippen molar-refractivity contribution in [3.05, 3.63) is 69.9 Å². The van der Waals surface area contributed by atoms with E-state index < -0.39 is 0 Å². The van der Waals surface area contributed by atoms with Gasteiger partial charge in [-0.3, -0.25) is 4.79 Å². The lowest BCUT2D eigenvalue weighted by molar-refractivity contribution is 0.614. The third kappa shape index (κ3) is 1.85. The van der Waals surface area contributed by atoms with Crippen LogP contribution >= 0.6 is 0 Å². The Morgan fingerprint density at radius 2 is 1.63 bits per heavy atom. The molecule has 1 aromatic heterocycles. The van der Waals surface area contributed by atoms with Crippen LogP contribution in [0.25, 0.3) is 22.3 Å². The van der Waals surface area contributed by atoms with E-state index >= 15 is 0 Å². The van der Waals surface area contributed by atoms with Crippen LogP contribution in [0.1, 0.15) is 11.1 Å². The van der Waals surface area contributed by atoms with Crippen LogP contribution in [0.4, 0.5) is 0 Å². The van der Waals surface area contributed by atoms with Crippen LogP contribution < -0.4 is 5.43 Å². The van der Waals surface area contributed by atoms with Gasteiger partial charge < -0.3 is 4.42 Å². The number of fused-ring (bicyclic) bond motifs is 1. The summed E-state index contributed by atoms with van der Waals surface area (Å²) in [5.41, 5.74) is 3.25. The van der Waals surface area contributed by atoms with Crippen molar-refractivity contribution in [3.8, 4) is 11.3 Å². The van der Waals surface area contributed by atoms with E-state index in [0.717, 1.165) is 11.1 Å². The Bertz CT molecular complexity index is 799. The minimum atomic E-state index is 0.0539. The molecule has 0 atom stereocenters. The molecule has 0 saturated heterocycles. The first-order chi connectivity index (χ1) is 9.18. The second-order valence-corrected chi connectivity index (χ2v) is 4.70. The average Bonchev–Trinajstić information content (AvgIpc) is 2.43. The van der Waals surface area contributed by atoms with Crippen molar-refractivity contribution in [3.63, 3.8) is 0 Å². The van der Waals surface area contributed by atoms with Crippen molar-refractivity contribution in [1.29, 1.82) is 0 Å². The Kier molecular flexibility index (Phi) is 2.71. The van der Waals surface area contributed by atoms with Gasteiger partial charge in [-0.2, -0.15) is 0 Å². The normalized spacial score (nSPS) is 10.8. The molecule has 2 heteroatoms. The summed E-state index contributed by atoms with van der Waals surface area (Å²) >= 11 is 0. The second-order valence-electron chi connectivity index (χ2n) is 4.70. The van der Waals surface area contributed by atoms with Crippen LogP contribution in [0.2, 0.25) is 0 Å². The summed E-state index contributed by atoms with van der Waals surface area (Å²) in [5, 5.41) is 0.680. The molecule has 0 spiro atoms. The molecule has 0 bridgehead atoms. The van der Waals surface area contributed by atoms with Crippen molar-refractivity contribution >= 4 is 11.0 Å². The summed E-state index contributed by atoms with van der Waals surface area (Å²) in [6, 6.07) is 15.4. The van der Waals surface area contributed by atoms with E-state index in [1.807, 2.05) is 62.4 Å². The molecule has 2 nitrogen and oxygen atoms in total. The summed E-state index contributed by atoms with van der Waals surface area (Å²) in [6.07, 6.45) is 0. The van der Waals surface area contributed by atoms with Gasteiger partial charge in [-0.25, -0.2) is 0 Å². The van der Waals surface area contributed by atoms with Crippen molar-refractivity contribution in [1.82, 2.24) is 0 Å². The van der Waals surface area contributed by atoms with E-state index in [1.54, 1.807) is 0 Å². The number of benzene rings is 2. The number of hydrogen-bond acceptors (Lipinski definition) is 2. The van der Waals surface area contributed by atoms with Gasteiger partial charge in [0.2, 0.25) is 0 Å². The highest BCUT2D eigenvalue weighted by atomic mass is 16.3. The highest BCUT2D eigenvalue weighted by Crippen LogP contribution is 2.26. The average molecular weight is 250 g/mol. The third-order valence-electron chi connectivity index (χ3n) is 3.39. The maximum Gasteiger partial charge on any atom is 0.196 e. The van der Waals surface area contributed by atoms with Gasteiger partial charge in [0.05, 0.1) is 5.39 Å². The molecule has 3 rings (SSSR count). The van der Waals surface area contributed by atoms with Gasteiger partial charge in [0.1, 0.15) is 11.3 Å². The molecule has 0 radical (unpaired) electrons. The molecule has 1 heterocycles. The minimum absolute atomic E-state index is 0.0539. The first-order valence-corrected chi connectivity index (χ1v) is 6.27. The smallest absolute Gasteiger partial charge is 0.196 e. The molecular weight excluding hydrogens is 236 g/mol. The third-order valence-corrected chi connectivity index (χ3v) is 3.39. The van der Waals surface area contributed by atoms with Crippen LogP contribution in [0.3, 0.4) is 0 Å². The largest absolute Gasteiger partial charge is 0.456 e. The van der Waals surface area contributed by atoms with Crippen molar-refractivity contribution in [2.45, 2.75) is 13.8 Å². The summed E-state index contributed by atoms with van der Waals surface area (Å²) < 4.78 is 5.94. The van der Waals surface area contributed by atoms with Gasteiger partial charge in [0.25, 0.3) is 0 Å². The molecule has 0 fully saturated rings. The van der Waals surface area contributed by atoms with E-state index in [0.29, 0.717) is 22.3 Å². The van der Waals surface area contributed by atoms with Gasteiger partial charge in [-0.1, -0.05) is 42.5 Å². The minimum Gasteiger partial charge on any atom is -0.456 e. The van der Waals surface area contributed by atoms with E-state index in [9.17, 15) is 4.79 Å². The maximum absolute atomic E-state index is 12.5. The molecular formula is C17H14O2. The molecule has 3 aromatic rings. The van der Waals surface area contributed by atoms with E-state index in [2.05, 4.69) is 0 Å². The monoisotopic (exact) mass is 250 g/mol. The Morgan fingerprint density at radius 1 is 0.895 bits per heavy atom. The van der Waals surface area contributed by atoms with E-state index in [4.69, 9.17) is 4.42 Å². The molecule has 19 heavy (non-hydrogen) atoms. The molecule has 0 N–H and O–H groups in total. The number of hydrogen-bond donors (Lipinski definition) is 0. The highest BCUT2D eigenvalue weighted by molar-refractivity contribution is 5.83. The van der Waals surface area contributed by atoms with Crippen molar-refractivity contribution in [2.24, 2.45) is 0 Å². The molecule has 0 aliphatic heterocycles. The fraction of sp³-hybridized carbons (Fsp3) is 0.118. The zero-order chi connectivity index (χ0) is 13.4. The topological polar surface area (TPSA) is 30.2 Å². The summed E-state index contributed by atoms with van der Waals surface area (Å²) in [5.74, 6) is 0.656. The fourth-order valence-electron chi connectivity index (χ4n) is 2.36. The molecule has 0 aliphatic rings. The quantitative estimate of drug-likeness (QED) is 0.651. The van der Waals surface area contributed by atoms with Crippen molar-refractivity contribution in [2.75, 3.05) is 0 Å². The van der Waals surface area contributed by atoms with E-state index in [1.165, 1.54) is 0 Å². The van der Waals surface area contributed by atoms with Gasteiger partial charge in [-0.15, -0.1) is 0 Å². The van der Waals surface area contributed by atoms with Crippen LogP contribution in [0, 0.1) is 13.8 Å². The van der Waals surface area contributed by atoms with Gasteiger partial charge in [0, 0.05) is 11.1 Å². The molecule has 2 aromatic carbocycles. The first-order valence-electron chi connectivity index (χ1n) is 6.27. The zero-order valence-corrected chi connectivity index (χ0v) is 10.9. The molecule has 0 saturated carbocycles. The van der Waals surface area contributed by atoms with Gasteiger partial charge in [0.15, 0.2) is 5.43 Å². The van der Waals surface area contributed by atoms with Crippen LogP contribution in [0.5, 0.6) is 0 Å². The van der Waals surface area contributed by atoms with Gasteiger partial charge >= 0.3 is 0 Å². The number of rotatable bonds is 1. The van der Waals surface area contributed by atoms with Gasteiger partial charge in [-0.05, 0) is 25.5 Å². The first kappa shape index (κ1) is 11.7. The standard InChI is InChI=1S/C17H14O2/c1-11-7-6-10-14-15(11)16(18)12(2)17(19-14)13-8-4-3-5-9-13/h3-10H,1-2H3. The SMILES string of the molecule is Cc1c(-c2ccccc2)oc2cccc(C)c2c1=O. The molecule has 0 amide bonds. The van der Waals surface area contributed by atoms with Crippen LogP contribution in [-0.2, 0) is 0 Å². The zero-order valence-electron chi connectivity index (χ0n) is 10.9. The summed E-state index contributed by atoms with van der Waals surface area (Å²) in [7, 11) is 0. The summed E-state index contributed by atoms with van der Waals surface area (Å²) in [6.45, 7) is 3.75. The van der Waals surface area contributed by atoms with E-state index in [-0.39, 0.29) is 5.43 Å². The lowest BCUT2D eigenvalue weighted by Gasteiger charge is -2.08. The maximum atomic E-state index is 12.5. The number of aryl methyl sites for hydroxylation is 1. The predicted octanol–water partition coefficient (Wildman–Crippen LogP) is 4.08. The van der Waals surface area contributed by atoms with Crippen LogP contribution in [0.15, 0.2) is 57.7 Å². The Morgan fingerprint density at radius 3 is 2.37 bits per heavy atom. The van der Waals surface area contributed by atoms with Crippen LogP contribution in [-0.4, -0.2) is 0 Å².